The molecule has 1 amide bonds. The number of imidazole rings is 1. The van der Waals surface area contributed by atoms with Crippen LogP contribution in [0.15, 0.2) is 43.0 Å². The zero-order valence-electron chi connectivity index (χ0n) is 14.1. The molecular weight excluding hydrogens is 300 g/mol. The van der Waals surface area contributed by atoms with Crippen LogP contribution in [-0.4, -0.2) is 45.5 Å². The number of nitrogens with one attached hydrogen (secondary N) is 1. The van der Waals surface area contributed by atoms with E-state index < -0.39 is 0 Å². The summed E-state index contributed by atoms with van der Waals surface area (Å²) in [5, 5.41) is 3.64. The highest BCUT2D eigenvalue weighted by molar-refractivity contribution is 5.94. The number of carbonyl (C=O) groups excluding carboxylic acids is 1. The maximum absolute atomic E-state index is 12.8. The van der Waals surface area contributed by atoms with Crippen LogP contribution in [0.3, 0.4) is 0 Å². The van der Waals surface area contributed by atoms with Gasteiger partial charge in [-0.1, -0.05) is 12.1 Å². The van der Waals surface area contributed by atoms with E-state index in [4.69, 9.17) is 0 Å². The molecule has 0 radical (unpaired) electrons. The van der Waals surface area contributed by atoms with E-state index in [2.05, 4.69) is 10.3 Å². The van der Waals surface area contributed by atoms with Crippen molar-refractivity contribution in [3.05, 3.63) is 54.1 Å². The quantitative estimate of drug-likeness (QED) is 0.939. The molecule has 2 saturated heterocycles. The van der Waals surface area contributed by atoms with Gasteiger partial charge in [0.25, 0.3) is 5.91 Å². The first-order valence-electron chi connectivity index (χ1n) is 8.77. The molecule has 0 spiro atoms. The molecule has 0 saturated carbocycles. The third-order valence-electron chi connectivity index (χ3n) is 5.44. The van der Waals surface area contributed by atoms with Crippen molar-refractivity contribution < 1.29 is 4.79 Å². The molecule has 5 nitrogen and oxygen atoms in total. The van der Waals surface area contributed by atoms with Crippen molar-refractivity contribution in [1.29, 1.82) is 0 Å². The number of hydrogen-bond acceptors (Lipinski definition) is 3. The van der Waals surface area contributed by atoms with Crippen LogP contribution in [0.25, 0.3) is 0 Å². The molecule has 2 aromatic rings. The van der Waals surface area contributed by atoms with Crippen LogP contribution in [0.2, 0.25) is 0 Å². The van der Waals surface area contributed by atoms with Gasteiger partial charge in [-0.15, -0.1) is 0 Å². The van der Waals surface area contributed by atoms with Crippen molar-refractivity contribution in [2.24, 2.45) is 0 Å². The van der Waals surface area contributed by atoms with Crippen LogP contribution in [0.5, 0.6) is 0 Å². The van der Waals surface area contributed by atoms with Crippen LogP contribution in [0, 0.1) is 0 Å². The lowest BCUT2D eigenvalue weighted by Crippen LogP contribution is -2.48. The van der Waals surface area contributed by atoms with E-state index in [1.54, 1.807) is 12.5 Å². The second kappa shape index (κ2) is 6.40. The summed E-state index contributed by atoms with van der Waals surface area (Å²) in [5.41, 5.74) is 1.95. The van der Waals surface area contributed by atoms with Gasteiger partial charge in [0.15, 0.2) is 0 Å². The molecule has 2 unspecified atom stereocenters. The fraction of sp³-hybridized carbons (Fsp3) is 0.474. The Morgan fingerprint density at radius 2 is 1.96 bits per heavy atom. The van der Waals surface area contributed by atoms with Crippen molar-refractivity contribution >= 4 is 5.91 Å². The first kappa shape index (κ1) is 15.4. The number of aromatic nitrogens is 2. The largest absolute Gasteiger partial charge is 0.339 e. The van der Waals surface area contributed by atoms with Gasteiger partial charge in [-0.2, -0.15) is 0 Å². The van der Waals surface area contributed by atoms with Gasteiger partial charge in [-0.3, -0.25) is 4.79 Å². The van der Waals surface area contributed by atoms with Gasteiger partial charge in [0.1, 0.15) is 0 Å². The molecule has 1 aromatic heterocycles. The summed E-state index contributed by atoms with van der Waals surface area (Å²) in [7, 11) is 1.96. The first-order valence-corrected chi connectivity index (χ1v) is 8.77. The van der Waals surface area contributed by atoms with Gasteiger partial charge in [0.2, 0.25) is 0 Å². The second-order valence-electron chi connectivity index (χ2n) is 7.11. The minimum atomic E-state index is 0.135. The minimum Gasteiger partial charge on any atom is -0.339 e. The fourth-order valence-corrected chi connectivity index (χ4v) is 4.06. The third kappa shape index (κ3) is 3.08. The Balaban J connectivity index is 1.42. The predicted molar refractivity (Wildman–Crippen MR) is 92.8 cm³/mol. The average Bonchev–Trinajstić information content (AvgIpc) is 3.23. The van der Waals surface area contributed by atoms with E-state index >= 15 is 0 Å². The van der Waals surface area contributed by atoms with Gasteiger partial charge < -0.3 is 14.8 Å². The first-order chi connectivity index (χ1) is 11.7. The molecule has 5 heteroatoms. The summed E-state index contributed by atoms with van der Waals surface area (Å²) in [6, 6.07) is 9.52. The number of fused-ring (bicyclic) bond motifs is 2. The van der Waals surface area contributed by atoms with Crippen LogP contribution < -0.4 is 5.32 Å². The van der Waals surface area contributed by atoms with Crippen LogP contribution >= 0.6 is 0 Å². The Morgan fingerprint density at radius 3 is 2.58 bits per heavy atom. The molecule has 0 aliphatic carbocycles. The molecule has 4 rings (SSSR count). The fourth-order valence-electron chi connectivity index (χ4n) is 4.06. The molecule has 2 aliphatic heterocycles. The zero-order valence-corrected chi connectivity index (χ0v) is 14.1. The Morgan fingerprint density at radius 1 is 1.25 bits per heavy atom. The second-order valence-corrected chi connectivity index (χ2v) is 7.11. The number of piperidine rings is 1. The van der Waals surface area contributed by atoms with Gasteiger partial charge in [-0.25, -0.2) is 4.98 Å². The van der Waals surface area contributed by atoms with Crippen molar-refractivity contribution in [1.82, 2.24) is 19.8 Å². The SMILES string of the molecule is CN(C(=O)c1ccc(Cn2ccnc2)cc1)C1CC2CCC(C1)N2. The van der Waals surface area contributed by atoms with E-state index in [1.807, 2.05) is 47.0 Å². The van der Waals surface area contributed by atoms with Gasteiger partial charge in [-0.05, 0) is 43.4 Å². The smallest absolute Gasteiger partial charge is 0.253 e. The highest BCUT2D eigenvalue weighted by Crippen LogP contribution is 2.29. The summed E-state index contributed by atoms with van der Waals surface area (Å²) in [5.74, 6) is 0.135. The predicted octanol–water partition coefficient (Wildman–Crippen LogP) is 2.29. The highest BCUT2D eigenvalue weighted by Gasteiger charge is 2.36. The lowest BCUT2D eigenvalue weighted by atomic mass is 9.98. The molecular formula is C19H24N4O. The molecule has 3 heterocycles. The minimum absolute atomic E-state index is 0.135. The third-order valence-corrected chi connectivity index (χ3v) is 5.44. The van der Waals surface area contributed by atoms with Crippen LogP contribution in [0.1, 0.15) is 41.6 Å². The number of carbonyl (C=O) groups is 1. The van der Waals surface area contributed by atoms with Crippen molar-refractivity contribution in [2.75, 3.05) is 7.05 Å². The summed E-state index contributed by atoms with van der Waals surface area (Å²) in [6.45, 7) is 0.780. The van der Waals surface area contributed by atoms with Crippen molar-refractivity contribution in [3.63, 3.8) is 0 Å². The molecule has 2 atom stereocenters. The zero-order chi connectivity index (χ0) is 16.5. The normalized spacial score (nSPS) is 25.6. The van der Waals surface area contributed by atoms with Gasteiger partial charge >= 0.3 is 0 Å². The number of amides is 1. The molecule has 1 N–H and O–H groups in total. The van der Waals surface area contributed by atoms with E-state index in [9.17, 15) is 4.79 Å². The molecule has 2 fully saturated rings. The summed E-state index contributed by atoms with van der Waals surface area (Å²) in [6.07, 6.45) is 10.2. The van der Waals surface area contributed by atoms with Crippen LogP contribution in [-0.2, 0) is 6.54 Å². The van der Waals surface area contributed by atoms with Gasteiger partial charge in [0, 0.05) is 49.7 Å². The summed E-state index contributed by atoms with van der Waals surface area (Å²) in [4.78, 5) is 18.8. The number of benzene rings is 1. The van der Waals surface area contributed by atoms with E-state index in [1.165, 1.54) is 18.4 Å². The molecule has 126 valence electrons. The number of hydrogen-bond donors (Lipinski definition) is 1. The highest BCUT2D eigenvalue weighted by atomic mass is 16.2. The maximum atomic E-state index is 12.8. The lowest BCUT2D eigenvalue weighted by Gasteiger charge is -2.35. The summed E-state index contributed by atoms with van der Waals surface area (Å²) < 4.78 is 2.02. The van der Waals surface area contributed by atoms with Crippen molar-refractivity contribution in [2.45, 2.75) is 50.4 Å². The van der Waals surface area contributed by atoms with Crippen LogP contribution in [0.4, 0.5) is 0 Å². The topological polar surface area (TPSA) is 50.2 Å². The maximum Gasteiger partial charge on any atom is 0.253 e. The van der Waals surface area contributed by atoms with E-state index in [0.29, 0.717) is 18.1 Å². The Hall–Kier alpha value is -2.14. The molecule has 24 heavy (non-hydrogen) atoms. The Bertz CT molecular complexity index is 683. The van der Waals surface area contributed by atoms with E-state index in [-0.39, 0.29) is 5.91 Å². The number of rotatable bonds is 4. The van der Waals surface area contributed by atoms with Crippen molar-refractivity contribution in [3.8, 4) is 0 Å². The molecule has 2 aliphatic rings. The lowest BCUT2D eigenvalue weighted by molar-refractivity contribution is 0.0681. The Kier molecular flexibility index (Phi) is 4.10. The average molecular weight is 324 g/mol. The standard InChI is InChI=1S/C19H24N4O/c1-22(18-10-16-6-7-17(11-18)21-16)19(24)15-4-2-14(3-5-15)12-23-9-8-20-13-23/h2-5,8-9,13,16-18,21H,6-7,10-12H2,1H3. The Labute approximate surface area is 142 Å². The summed E-state index contributed by atoms with van der Waals surface area (Å²) >= 11 is 0. The number of nitrogens with zero attached hydrogens (tertiary/aromatic N) is 3. The monoisotopic (exact) mass is 324 g/mol. The van der Waals surface area contributed by atoms with Gasteiger partial charge in [0.05, 0.1) is 6.33 Å². The molecule has 2 bridgehead atoms. The molecule has 1 aromatic carbocycles. The van der Waals surface area contributed by atoms with E-state index in [0.717, 1.165) is 24.9 Å².